The first-order chi connectivity index (χ1) is 8.45. The molecule has 6 heteroatoms. The van der Waals surface area contributed by atoms with Crippen molar-refractivity contribution < 1.29 is 31.1 Å². The normalized spacial score (nSPS) is 23.2. The monoisotopic (exact) mass is 345 g/mol. The van der Waals surface area contributed by atoms with Gasteiger partial charge >= 0.3 is 31.1 Å². The fraction of sp³-hybridized carbons (Fsp3) is 1.00. The predicted molar refractivity (Wildman–Crippen MR) is 62.7 cm³/mol. The van der Waals surface area contributed by atoms with E-state index in [4.69, 9.17) is 14.3 Å². The Bertz CT molecular complexity index is 282. The van der Waals surface area contributed by atoms with E-state index in [2.05, 4.69) is 5.32 Å². The van der Waals surface area contributed by atoms with Crippen LogP contribution < -0.4 is 5.32 Å². The average Bonchev–Trinajstić information content (AvgIpc) is 2.29. The van der Waals surface area contributed by atoms with E-state index in [0.29, 0.717) is 0 Å². The van der Waals surface area contributed by atoms with E-state index in [0.717, 1.165) is 12.1 Å². The van der Waals surface area contributed by atoms with E-state index in [1.165, 1.54) is 64.2 Å². The van der Waals surface area contributed by atoms with Crippen molar-refractivity contribution in [3.05, 3.63) is 0 Å². The van der Waals surface area contributed by atoms with Crippen LogP contribution in [0.25, 0.3) is 0 Å². The Balaban J connectivity index is 0.000000280. The number of rotatable bonds is 2. The van der Waals surface area contributed by atoms with Crippen LogP contribution in [0, 0.1) is 0 Å². The molecule has 0 unspecified atom stereocenters. The van der Waals surface area contributed by atoms with Gasteiger partial charge in [-0.15, -0.1) is 0 Å². The summed E-state index contributed by atoms with van der Waals surface area (Å²) in [5.41, 5.74) is 0. The van der Waals surface area contributed by atoms with Gasteiger partial charge in [0.2, 0.25) is 0 Å². The van der Waals surface area contributed by atoms with Gasteiger partial charge in [0.1, 0.15) is 0 Å². The first-order valence-corrected chi connectivity index (χ1v) is 10.3. The van der Waals surface area contributed by atoms with E-state index in [-0.39, 0.29) is 0 Å². The van der Waals surface area contributed by atoms with E-state index in [1.807, 2.05) is 0 Å². The van der Waals surface area contributed by atoms with Gasteiger partial charge < -0.3 is 5.32 Å². The molecule has 0 amide bonds. The zero-order valence-corrected chi connectivity index (χ0v) is 12.9. The van der Waals surface area contributed by atoms with Crippen molar-refractivity contribution in [2.75, 3.05) is 0 Å². The van der Waals surface area contributed by atoms with E-state index >= 15 is 0 Å². The molecule has 2 fully saturated rings. The molecular weight excluding hydrogens is 318 g/mol. The summed E-state index contributed by atoms with van der Waals surface area (Å²) in [6.45, 7) is 0. The van der Waals surface area contributed by atoms with E-state index in [9.17, 15) is 0 Å². The zero-order chi connectivity index (χ0) is 13.4. The maximum absolute atomic E-state index is 8.85. The van der Waals surface area contributed by atoms with E-state index in [1.54, 1.807) is 0 Å². The van der Waals surface area contributed by atoms with Gasteiger partial charge in [-0.1, -0.05) is 38.5 Å². The first kappa shape index (κ1) is 16.2. The minimum atomic E-state index is -5.52. The number of hydrogen-bond acceptors (Lipinski definition) is 3. The second-order valence-electron chi connectivity index (χ2n) is 5.28. The molecular formula is C12H25MoNO4. The van der Waals surface area contributed by atoms with Crippen molar-refractivity contribution in [1.82, 2.24) is 5.32 Å². The second-order valence-corrected chi connectivity index (χ2v) is 7.49. The van der Waals surface area contributed by atoms with E-state index < -0.39 is 16.7 Å². The quantitative estimate of drug-likeness (QED) is 0.667. The van der Waals surface area contributed by atoms with Crippen LogP contribution in [0.15, 0.2) is 0 Å². The van der Waals surface area contributed by atoms with Gasteiger partial charge in [-0.2, -0.15) is 0 Å². The van der Waals surface area contributed by atoms with Crippen LogP contribution in [-0.2, 0) is 23.5 Å². The van der Waals surface area contributed by atoms with Crippen LogP contribution in [0.4, 0.5) is 0 Å². The molecule has 5 nitrogen and oxygen atoms in total. The average molecular weight is 343 g/mol. The Morgan fingerprint density at radius 1 is 0.722 bits per heavy atom. The molecule has 2 rings (SSSR count). The van der Waals surface area contributed by atoms with Crippen LogP contribution in [0.2, 0.25) is 0 Å². The Kier molecular flexibility index (Phi) is 7.54. The minimum absolute atomic E-state index is 0.872. The van der Waals surface area contributed by atoms with Gasteiger partial charge in [0, 0.05) is 12.1 Å². The van der Waals surface area contributed by atoms with Crippen LogP contribution in [0.3, 0.4) is 0 Å². The van der Waals surface area contributed by atoms with Crippen molar-refractivity contribution >= 4 is 0 Å². The molecule has 0 heterocycles. The molecule has 0 radical (unpaired) electrons. The molecule has 18 heavy (non-hydrogen) atoms. The molecule has 0 aromatic carbocycles. The van der Waals surface area contributed by atoms with Crippen molar-refractivity contribution in [1.29, 1.82) is 0 Å². The topological polar surface area (TPSA) is 86.6 Å². The van der Waals surface area contributed by atoms with Crippen LogP contribution in [-0.4, -0.2) is 19.6 Å². The summed E-state index contributed by atoms with van der Waals surface area (Å²) in [5, 5.41) is 3.86. The number of nitrogens with one attached hydrogen (secondary N) is 1. The summed E-state index contributed by atoms with van der Waals surface area (Å²) in [5.74, 6) is 0. The van der Waals surface area contributed by atoms with Crippen LogP contribution in [0.5, 0.6) is 0 Å². The molecule has 2 aliphatic carbocycles. The molecule has 0 aromatic heterocycles. The Labute approximate surface area is 113 Å². The summed E-state index contributed by atoms with van der Waals surface area (Å²) in [4.78, 5) is 0. The fourth-order valence-electron chi connectivity index (χ4n) is 2.87. The maximum atomic E-state index is 8.85. The van der Waals surface area contributed by atoms with Gasteiger partial charge in [-0.3, -0.25) is 0 Å². The SMILES string of the molecule is C1CCC(NC2CCCCC2)CC1.[O]=[Mo](=[O])([OH])[OH]. The fourth-order valence-corrected chi connectivity index (χ4v) is 2.87. The third-order valence-corrected chi connectivity index (χ3v) is 3.68. The molecule has 2 saturated carbocycles. The third kappa shape index (κ3) is 9.15. The molecule has 0 aromatic rings. The summed E-state index contributed by atoms with van der Waals surface area (Å²) in [6.07, 6.45) is 14.6. The first-order valence-electron chi connectivity index (χ1n) is 6.91. The molecule has 0 bridgehead atoms. The Morgan fingerprint density at radius 3 is 1.28 bits per heavy atom. The molecule has 0 aliphatic heterocycles. The molecule has 0 spiro atoms. The second kappa shape index (κ2) is 8.36. The van der Waals surface area contributed by atoms with Crippen molar-refractivity contribution in [2.24, 2.45) is 0 Å². The number of hydrogen-bond donors (Lipinski definition) is 3. The predicted octanol–water partition coefficient (Wildman–Crippen LogP) is 1.89. The standard InChI is InChI=1S/C12H23N.Mo.2H2O.2O/c1-3-7-11(8-4-1)13-12-9-5-2-6-10-12;;;;;/h11-13H,1-10H2;;2*1H2;;/q;+2;;;;/p-2. The summed E-state index contributed by atoms with van der Waals surface area (Å²) >= 11 is -5.52. The molecule has 0 saturated heterocycles. The summed E-state index contributed by atoms with van der Waals surface area (Å²) < 4.78 is 32.0. The molecule has 108 valence electrons. The van der Waals surface area contributed by atoms with Crippen molar-refractivity contribution in [3.63, 3.8) is 0 Å². The van der Waals surface area contributed by atoms with Gasteiger partial charge in [0.05, 0.1) is 0 Å². The molecule has 3 N–H and O–H groups in total. The third-order valence-electron chi connectivity index (χ3n) is 3.68. The van der Waals surface area contributed by atoms with Crippen molar-refractivity contribution in [3.8, 4) is 0 Å². The van der Waals surface area contributed by atoms with Crippen LogP contribution >= 0.6 is 0 Å². The van der Waals surface area contributed by atoms with Gasteiger partial charge in [-0.05, 0) is 25.7 Å². The van der Waals surface area contributed by atoms with Gasteiger partial charge in [-0.25, -0.2) is 0 Å². The summed E-state index contributed by atoms with van der Waals surface area (Å²) in [7, 11) is 0. The van der Waals surface area contributed by atoms with Gasteiger partial charge in [0.25, 0.3) is 0 Å². The molecule has 0 atom stereocenters. The van der Waals surface area contributed by atoms with Crippen molar-refractivity contribution in [2.45, 2.75) is 76.3 Å². The summed E-state index contributed by atoms with van der Waals surface area (Å²) in [6, 6.07) is 1.74. The van der Waals surface area contributed by atoms with Gasteiger partial charge in [0.15, 0.2) is 0 Å². The zero-order valence-electron chi connectivity index (χ0n) is 10.8. The van der Waals surface area contributed by atoms with Crippen LogP contribution in [0.1, 0.15) is 64.2 Å². The molecule has 2 aliphatic rings. The Morgan fingerprint density at radius 2 is 1.00 bits per heavy atom. The Hall–Kier alpha value is 0.168.